The van der Waals surface area contributed by atoms with E-state index in [1.807, 2.05) is 42.1 Å². The van der Waals surface area contributed by atoms with Crippen molar-refractivity contribution in [2.45, 2.75) is 18.0 Å². The summed E-state index contributed by atoms with van der Waals surface area (Å²) in [4.78, 5) is 23.0. The van der Waals surface area contributed by atoms with Crippen molar-refractivity contribution in [3.8, 4) is 5.75 Å². The molecule has 0 saturated carbocycles. The second kappa shape index (κ2) is 8.48. The summed E-state index contributed by atoms with van der Waals surface area (Å²) < 4.78 is 5.44. The number of aromatic amines is 1. The number of H-pyrrole nitrogens is 1. The van der Waals surface area contributed by atoms with Gasteiger partial charge in [0.2, 0.25) is 5.91 Å². The molecule has 1 amide bonds. The van der Waals surface area contributed by atoms with Crippen LogP contribution in [0.25, 0.3) is 10.9 Å². The van der Waals surface area contributed by atoms with Gasteiger partial charge in [0.05, 0.1) is 26.3 Å². The lowest BCUT2D eigenvalue weighted by Crippen LogP contribution is -2.67. The van der Waals surface area contributed by atoms with Crippen LogP contribution < -0.4 is 4.74 Å². The number of aliphatic hydroxyl groups is 1. The van der Waals surface area contributed by atoms with Gasteiger partial charge in [0.1, 0.15) is 5.75 Å². The fraction of sp³-hybridized carbons (Fsp3) is 0.423. The Morgan fingerprint density at radius 3 is 2.61 bits per heavy atom. The summed E-state index contributed by atoms with van der Waals surface area (Å²) in [6.07, 6.45) is 0. The van der Waals surface area contributed by atoms with Crippen molar-refractivity contribution in [2.24, 2.45) is 0 Å². The number of aromatic nitrogens is 1. The average molecular weight is 449 g/mol. The number of methoxy groups -OCH3 is 1. The van der Waals surface area contributed by atoms with Gasteiger partial charge in [-0.2, -0.15) is 0 Å². The van der Waals surface area contributed by atoms with Gasteiger partial charge in [0.25, 0.3) is 0 Å². The predicted octanol–water partition coefficient (Wildman–Crippen LogP) is 2.37. The third kappa shape index (κ3) is 3.80. The van der Waals surface area contributed by atoms with Crippen molar-refractivity contribution in [1.29, 1.82) is 0 Å². The largest absolute Gasteiger partial charge is 0.497 e. The number of likely N-dealkylation sites (tertiary alicyclic amines) is 1. The number of likely N-dealkylation sites (N-methyl/N-ethyl adjacent to an activating group) is 1. The standard InChI is InChI=1S/C26H32N4O3/c1-28(2)13-23(32)30-17-26(15-29(16-26)12-18-7-5-4-6-8-18)24-20-10-9-19(33-3)11-21(20)27-25(24)22(30)14-31/h4-11,22,27,31H,12-17H2,1-3H3/t22-/m0/s1. The number of nitrogens with one attached hydrogen (secondary N) is 1. The molecule has 5 rings (SSSR count). The maximum Gasteiger partial charge on any atom is 0.237 e. The van der Waals surface area contributed by atoms with Crippen LogP contribution in [0.5, 0.6) is 5.75 Å². The first-order valence-corrected chi connectivity index (χ1v) is 11.5. The van der Waals surface area contributed by atoms with E-state index in [9.17, 15) is 9.90 Å². The normalized spacial score (nSPS) is 19.7. The van der Waals surface area contributed by atoms with E-state index < -0.39 is 0 Å². The summed E-state index contributed by atoms with van der Waals surface area (Å²) in [5.41, 5.74) is 4.32. The molecule has 3 heterocycles. The Kier molecular flexibility index (Phi) is 5.64. The van der Waals surface area contributed by atoms with Crippen molar-refractivity contribution in [3.63, 3.8) is 0 Å². The van der Waals surface area contributed by atoms with Gasteiger partial charge in [0, 0.05) is 54.3 Å². The molecule has 3 aromatic rings. The molecule has 7 heteroatoms. The van der Waals surface area contributed by atoms with Crippen LogP contribution >= 0.6 is 0 Å². The van der Waals surface area contributed by atoms with Crippen LogP contribution in [0.2, 0.25) is 0 Å². The van der Waals surface area contributed by atoms with Crippen LogP contribution in [0.4, 0.5) is 0 Å². The number of ether oxygens (including phenoxy) is 1. The molecule has 2 aliphatic rings. The molecule has 1 saturated heterocycles. The summed E-state index contributed by atoms with van der Waals surface area (Å²) in [5.74, 6) is 0.831. The highest BCUT2D eigenvalue weighted by Crippen LogP contribution is 2.48. The molecule has 0 radical (unpaired) electrons. The Labute approximate surface area is 194 Å². The number of hydrogen-bond acceptors (Lipinski definition) is 5. The van der Waals surface area contributed by atoms with Crippen LogP contribution in [0.15, 0.2) is 48.5 Å². The highest BCUT2D eigenvalue weighted by atomic mass is 16.5. The van der Waals surface area contributed by atoms with Crippen LogP contribution in [0, 0.1) is 0 Å². The zero-order valence-corrected chi connectivity index (χ0v) is 19.5. The SMILES string of the molecule is COc1ccc2c3c([nH]c2c1)[C@H](CO)N(C(=O)CN(C)C)CC31CN(Cc2ccccc2)C1. The molecule has 2 N–H and O–H groups in total. The molecule has 1 atom stereocenters. The summed E-state index contributed by atoms with van der Waals surface area (Å²) in [6.45, 7) is 3.46. The number of benzene rings is 2. The lowest BCUT2D eigenvalue weighted by atomic mass is 9.68. The first-order chi connectivity index (χ1) is 15.9. The van der Waals surface area contributed by atoms with Gasteiger partial charge >= 0.3 is 0 Å². The van der Waals surface area contributed by atoms with Crippen LogP contribution in [-0.2, 0) is 16.8 Å². The van der Waals surface area contributed by atoms with E-state index in [1.54, 1.807) is 7.11 Å². The van der Waals surface area contributed by atoms with Crippen molar-refractivity contribution < 1.29 is 14.6 Å². The van der Waals surface area contributed by atoms with Crippen LogP contribution in [0.3, 0.4) is 0 Å². The van der Waals surface area contributed by atoms with E-state index in [0.29, 0.717) is 13.1 Å². The van der Waals surface area contributed by atoms with Gasteiger partial charge in [-0.3, -0.25) is 9.69 Å². The number of carbonyl (C=O) groups excluding carboxylic acids is 1. The number of hydrogen-bond donors (Lipinski definition) is 2. The Morgan fingerprint density at radius 1 is 1.18 bits per heavy atom. The third-order valence-corrected chi connectivity index (χ3v) is 6.99. The van der Waals surface area contributed by atoms with Crippen molar-refractivity contribution in [3.05, 3.63) is 65.4 Å². The molecule has 1 fully saturated rings. The molecular formula is C26H32N4O3. The minimum absolute atomic E-state index is 0.0434. The maximum absolute atomic E-state index is 13.2. The highest BCUT2D eigenvalue weighted by molar-refractivity contribution is 5.89. The molecule has 0 aliphatic carbocycles. The smallest absolute Gasteiger partial charge is 0.237 e. The monoisotopic (exact) mass is 448 g/mol. The van der Waals surface area contributed by atoms with E-state index in [0.717, 1.165) is 42.0 Å². The van der Waals surface area contributed by atoms with E-state index >= 15 is 0 Å². The number of nitrogens with zero attached hydrogens (tertiary/aromatic N) is 3. The molecule has 1 aromatic heterocycles. The topological polar surface area (TPSA) is 72.0 Å². The first kappa shape index (κ1) is 21.9. The van der Waals surface area contributed by atoms with Gasteiger partial charge < -0.3 is 24.6 Å². The Hall–Kier alpha value is -2.87. The summed E-state index contributed by atoms with van der Waals surface area (Å²) >= 11 is 0. The highest BCUT2D eigenvalue weighted by Gasteiger charge is 2.53. The fourth-order valence-corrected chi connectivity index (χ4v) is 5.65. The van der Waals surface area contributed by atoms with E-state index in [-0.39, 0.29) is 24.0 Å². The van der Waals surface area contributed by atoms with Crippen LogP contribution in [-0.4, -0.2) is 84.7 Å². The molecule has 7 nitrogen and oxygen atoms in total. The molecule has 2 aliphatic heterocycles. The molecule has 33 heavy (non-hydrogen) atoms. The molecular weight excluding hydrogens is 416 g/mol. The fourth-order valence-electron chi connectivity index (χ4n) is 5.65. The number of aliphatic hydroxyl groups excluding tert-OH is 1. The quantitative estimate of drug-likeness (QED) is 0.606. The Bertz CT molecular complexity index is 1150. The predicted molar refractivity (Wildman–Crippen MR) is 128 cm³/mol. The van der Waals surface area contributed by atoms with Gasteiger partial charge in [0.15, 0.2) is 0 Å². The first-order valence-electron chi connectivity index (χ1n) is 11.5. The van der Waals surface area contributed by atoms with Gasteiger partial charge in [-0.25, -0.2) is 0 Å². The maximum atomic E-state index is 13.2. The van der Waals surface area contributed by atoms with E-state index in [1.165, 1.54) is 11.1 Å². The lowest BCUT2D eigenvalue weighted by molar-refractivity contribution is -0.139. The molecule has 174 valence electrons. The van der Waals surface area contributed by atoms with Gasteiger partial charge in [-0.1, -0.05) is 30.3 Å². The summed E-state index contributed by atoms with van der Waals surface area (Å²) in [5, 5.41) is 11.5. The van der Waals surface area contributed by atoms with Crippen molar-refractivity contribution in [2.75, 3.05) is 54.0 Å². The number of rotatable bonds is 6. The van der Waals surface area contributed by atoms with Gasteiger partial charge in [-0.05, 0) is 37.4 Å². The van der Waals surface area contributed by atoms with Crippen LogP contribution in [0.1, 0.15) is 22.9 Å². The Balaban J connectivity index is 1.55. The minimum Gasteiger partial charge on any atom is -0.497 e. The molecule has 2 aromatic carbocycles. The lowest BCUT2D eigenvalue weighted by Gasteiger charge is -2.56. The second-order valence-corrected chi connectivity index (χ2v) is 9.69. The number of carbonyl (C=O) groups is 1. The van der Waals surface area contributed by atoms with E-state index in [2.05, 4.69) is 40.2 Å². The number of fused-ring (bicyclic) bond motifs is 4. The Morgan fingerprint density at radius 2 is 1.94 bits per heavy atom. The molecule has 0 unspecified atom stereocenters. The van der Waals surface area contributed by atoms with Crippen molar-refractivity contribution >= 4 is 16.8 Å². The van der Waals surface area contributed by atoms with Crippen molar-refractivity contribution in [1.82, 2.24) is 19.7 Å². The third-order valence-electron chi connectivity index (χ3n) is 6.99. The van der Waals surface area contributed by atoms with Gasteiger partial charge in [-0.15, -0.1) is 0 Å². The average Bonchev–Trinajstić information content (AvgIpc) is 3.17. The molecule has 1 spiro atoms. The zero-order chi connectivity index (χ0) is 23.2. The zero-order valence-electron chi connectivity index (χ0n) is 19.5. The summed E-state index contributed by atoms with van der Waals surface area (Å²) in [6, 6.07) is 16.2. The number of amides is 1. The summed E-state index contributed by atoms with van der Waals surface area (Å²) in [7, 11) is 5.46. The minimum atomic E-state index is -0.375. The second-order valence-electron chi connectivity index (χ2n) is 9.69. The van der Waals surface area contributed by atoms with E-state index in [4.69, 9.17) is 4.74 Å². The molecule has 0 bridgehead atoms.